The van der Waals surface area contributed by atoms with Gasteiger partial charge in [0.05, 0.1) is 0 Å². The Morgan fingerprint density at radius 2 is 1.90 bits per heavy atom. The lowest BCUT2D eigenvalue weighted by Crippen LogP contribution is -2.18. The topological polar surface area (TPSA) is 26.0 Å². The lowest BCUT2D eigenvalue weighted by Gasteiger charge is -2.04. The Morgan fingerprint density at radius 3 is 2.00 bits per heavy atom. The maximum absolute atomic E-state index is 12.1. The predicted molar refractivity (Wildman–Crippen MR) is 38.1 cm³/mol. The maximum Gasteiger partial charge on any atom is 0.249 e. The number of rotatable bonds is 0. The van der Waals surface area contributed by atoms with Crippen molar-refractivity contribution in [1.29, 1.82) is 0 Å². The molecule has 0 spiro atoms. The Bertz CT molecular complexity index is 93.6. The fraction of sp³-hybridized carbons (Fsp3) is 1.00. The number of halogens is 2. The van der Waals surface area contributed by atoms with Gasteiger partial charge in [0.25, 0.3) is 0 Å². The summed E-state index contributed by atoms with van der Waals surface area (Å²) >= 11 is 0. The number of alkyl halides is 2. The smallest absolute Gasteiger partial charge is 0.249 e. The zero-order valence-corrected chi connectivity index (χ0v) is 6.53. The molecule has 0 aliphatic heterocycles. The number of hydrogen-bond acceptors (Lipinski definition) is 1. The van der Waals surface area contributed by atoms with Gasteiger partial charge in [0.1, 0.15) is 0 Å². The minimum absolute atomic E-state index is 0.0197. The van der Waals surface area contributed by atoms with Gasteiger partial charge in [-0.3, -0.25) is 0 Å². The van der Waals surface area contributed by atoms with Crippen LogP contribution in [-0.2, 0) is 0 Å². The molecule has 0 amide bonds. The van der Waals surface area contributed by atoms with Crippen LogP contribution < -0.4 is 5.73 Å². The van der Waals surface area contributed by atoms with E-state index >= 15 is 0 Å². The van der Waals surface area contributed by atoms with Gasteiger partial charge in [-0.15, -0.1) is 0 Å². The van der Waals surface area contributed by atoms with Gasteiger partial charge < -0.3 is 5.73 Å². The molecule has 0 aromatic heterocycles. The van der Waals surface area contributed by atoms with Crippen molar-refractivity contribution in [2.24, 2.45) is 5.73 Å². The van der Waals surface area contributed by atoms with Crippen LogP contribution in [-0.4, -0.2) is 12.0 Å². The van der Waals surface area contributed by atoms with E-state index in [-0.39, 0.29) is 18.9 Å². The minimum Gasteiger partial charge on any atom is -0.327 e. The highest BCUT2D eigenvalue weighted by atomic mass is 19.3. The molecule has 10 heavy (non-hydrogen) atoms. The molecule has 62 valence electrons. The second-order valence-corrected chi connectivity index (χ2v) is 2.36. The van der Waals surface area contributed by atoms with Crippen LogP contribution in [0.1, 0.15) is 33.1 Å². The largest absolute Gasteiger partial charge is 0.327 e. The van der Waals surface area contributed by atoms with Crippen LogP contribution >= 0.6 is 0 Å². The van der Waals surface area contributed by atoms with Gasteiger partial charge in [0.2, 0.25) is 5.92 Å². The van der Waals surface area contributed by atoms with Crippen molar-refractivity contribution in [2.45, 2.75) is 45.1 Å². The Balaban J connectivity index is 0.000000371. The van der Waals surface area contributed by atoms with Gasteiger partial charge >= 0.3 is 0 Å². The lowest BCUT2D eigenvalue weighted by molar-refractivity contribution is 0.00803. The van der Waals surface area contributed by atoms with Crippen LogP contribution in [0.2, 0.25) is 0 Å². The molecule has 1 nitrogen and oxygen atoms in total. The predicted octanol–water partition coefficient (Wildman–Crippen LogP) is 2.16. The number of nitrogens with two attached hydrogens (primary N) is 1. The molecule has 1 aliphatic carbocycles. The highest BCUT2D eigenvalue weighted by Crippen LogP contribution is 2.33. The molecule has 0 bridgehead atoms. The second kappa shape index (κ2) is 3.86. The fourth-order valence-electron chi connectivity index (χ4n) is 0.984. The SMILES string of the molecule is CC.NC1CCC(F)(F)C1. The van der Waals surface area contributed by atoms with E-state index in [4.69, 9.17) is 5.73 Å². The summed E-state index contributed by atoms with van der Waals surface area (Å²) in [4.78, 5) is 0. The van der Waals surface area contributed by atoms with Crippen LogP contribution in [0.15, 0.2) is 0 Å². The van der Waals surface area contributed by atoms with Crippen LogP contribution in [0.4, 0.5) is 8.78 Å². The van der Waals surface area contributed by atoms with Crippen molar-refractivity contribution in [3.8, 4) is 0 Å². The first-order chi connectivity index (χ1) is 4.60. The van der Waals surface area contributed by atoms with E-state index in [1.54, 1.807) is 0 Å². The van der Waals surface area contributed by atoms with E-state index in [1.807, 2.05) is 13.8 Å². The van der Waals surface area contributed by atoms with Crippen molar-refractivity contribution >= 4 is 0 Å². The highest BCUT2D eigenvalue weighted by Gasteiger charge is 2.37. The molecule has 1 atom stereocenters. The summed E-state index contributed by atoms with van der Waals surface area (Å²) in [5.74, 6) is -2.46. The van der Waals surface area contributed by atoms with E-state index in [9.17, 15) is 8.78 Å². The first kappa shape index (κ1) is 9.82. The van der Waals surface area contributed by atoms with Crippen molar-refractivity contribution < 1.29 is 8.78 Å². The monoisotopic (exact) mass is 151 g/mol. The lowest BCUT2D eigenvalue weighted by atomic mass is 10.3. The Kier molecular flexibility index (Phi) is 3.79. The zero-order chi connectivity index (χ0) is 8.20. The molecule has 0 saturated heterocycles. The third-order valence-corrected chi connectivity index (χ3v) is 1.44. The second-order valence-electron chi connectivity index (χ2n) is 2.36. The Morgan fingerprint density at radius 1 is 1.40 bits per heavy atom. The summed E-state index contributed by atoms with van der Waals surface area (Å²) in [6.45, 7) is 4.00. The molecule has 3 heteroatoms. The van der Waals surface area contributed by atoms with Crippen LogP contribution in [0.3, 0.4) is 0 Å². The fourth-order valence-corrected chi connectivity index (χ4v) is 0.984. The molecule has 0 aromatic rings. The van der Waals surface area contributed by atoms with E-state index in [2.05, 4.69) is 0 Å². The summed E-state index contributed by atoms with van der Waals surface area (Å²) in [5, 5.41) is 0. The van der Waals surface area contributed by atoms with Gasteiger partial charge in [-0.2, -0.15) is 0 Å². The molecule has 1 unspecified atom stereocenters. The van der Waals surface area contributed by atoms with E-state index in [0.717, 1.165) is 0 Å². The van der Waals surface area contributed by atoms with E-state index < -0.39 is 5.92 Å². The summed E-state index contributed by atoms with van der Waals surface area (Å²) in [6.07, 6.45) is 0.341. The maximum atomic E-state index is 12.1. The standard InChI is InChI=1S/C5H9F2N.C2H6/c6-5(7)2-1-4(8)3-5;1-2/h4H,1-3,8H2;1-2H3. The van der Waals surface area contributed by atoms with Crippen LogP contribution in [0.25, 0.3) is 0 Å². The average Bonchev–Trinajstić information content (AvgIpc) is 2.15. The van der Waals surface area contributed by atoms with Crippen LogP contribution in [0.5, 0.6) is 0 Å². The first-order valence-electron chi connectivity index (χ1n) is 3.73. The average molecular weight is 151 g/mol. The van der Waals surface area contributed by atoms with Gasteiger partial charge in [0.15, 0.2) is 0 Å². The highest BCUT2D eigenvalue weighted by molar-refractivity contribution is 4.82. The molecule has 1 saturated carbocycles. The van der Waals surface area contributed by atoms with Crippen molar-refractivity contribution in [3.63, 3.8) is 0 Å². The molecule has 1 fully saturated rings. The molecular formula is C7H15F2N. The third kappa shape index (κ3) is 3.11. The molecule has 0 radical (unpaired) electrons. The van der Waals surface area contributed by atoms with Gasteiger partial charge in [-0.25, -0.2) is 8.78 Å². The van der Waals surface area contributed by atoms with E-state index in [0.29, 0.717) is 6.42 Å². The van der Waals surface area contributed by atoms with Gasteiger partial charge in [-0.05, 0) is 6.42 Å². The van der Waals surface area contributed by atoms with Gasteiger partial charge in [-0.1, -0.05) is 13.8 Å². The Hall–Kier alpha value is -0.180. The molecule has 2 N–H and O–H groups in total. The van der Waals surface area contributed by atoms with E-state index in [1.165, 1.54) is 0 Å². The normalized spacial score (nSPS) is 29.1. The van der Waals surface area contributed by atoms with Gasteiger partial charge in [0, 0.05) is 18.9 Å². The summed E-state index contributed by atoms with van der Waals surface area (Å²) in [6, 6.07) is -0.259. The minimum atomic E-state index is -2.46. The van der Waals surface area contributed by atoms with Crippen molar-refractivity contribution in [2.75, 3.05) is 0 Å². The van der Waals surface area contributed by atoms with Crippen LogP contribution in [0, 0.1) is 0 Å². The summed E-state index contributed by atoms with van der Waals surface area (Å²) < 4.78 is 24.2. The van der Waals surface area contributed by atoms with Crippen molar-refractivity contribution in [3.05, 3.63) is 0 Å². The third-order valence-electron chi connectivity index (χ3n) is 1.44. The summed E-state index contributed by atoms with van der Waals surface area (Å²) in [7, 11) is 0. The summed E-state index contributed by atoms with van der Waals surface area (Å²) in [5.41, 5.74) is 5.23. The van der Waals surface area contributed by atoms with Crippen molar-refractivity contribution in [1.82, 2.24) is 0 Å². The molecule has 1 aliphatic rings. The first-order valence-corrected chi connectivity index (χ1v) is 3.73. The quantitative estimate of drug-likeness (QED) is 0.564. The number of hydrogen-bond donors (Lipinski definition) is 1. The molecular weight excluding hydrogens is 136 g/mol. The zero-order valence-electron chi connectivity index (χ0n) is 6.53. The molecule has 1 rings (SSSR count). The molecule has 0 aromatic carbocycles. The molecule has 0 heterocycles. The Labute approximate surface area is 60.6 Å².